The average molecular weight is 424 g/mol. The van der Waals surface area contributed by atoms with Gasteiger partial charge in [0.05, 0.1) is 36.2 Å². The monoisotopic (exact) mass is 424 g/mol. The van der Waals surface area contributed by atoms with Crippen LogP contribution < -0.4 is 15.1 Å². The van der Waals surface area contributed by atoms with Crippen molar-refractivity contribution in [2.24, 2.45) is 0 Å². The van der Waals surface area contributed by atoms with Gasteiger partial charge >= 0.3 is 5.97 Å². The third-order valence-corrected chi connectivity index (χ3v) is 5.57. The summed E-state index contributed by atoms with van der Waals surface area (Å²) >= 11 is 0. The fraction of sp³-hybridized carbons (Fsp3) is 0.333. The molecule has 0 saturated carbocycles. The molecule has 0 amide bonds. The Morgan fingerprint density at radius 3 is 2.55 bits per heavy atom. The highest BCUT2D eigenvalue weighted by Gasteiger charge is 2.21. The first-order valence-corrected chi connectivity index (χ1v) is 10.6. The molecular formula is C24H26NO6+. The summed E-state index contributed by atoms with van der Waals surface area (Å²) in [5, 5.41) is 10.8. The van der Waals surface area contributed by atoms with Crippen molar-refractivity contribution in [2.45, 2.75) is 32.7 Å². The van der Waals surface area contributed by atoms with Crippen molar-refractivity contribution in [1.82, 2.24) is 0 Å². The first-order valence-electron chi connectivity index (χ1n) is 10.6. The van der Waals surface area contributed by atoms with Crippen LogP contribution in [0.1, 0.15) is 42.1 Å². The first kappa shape index (κ1) is 20.9. The van der Waals surface area contributed by atoms with Gasteiger partial charge in [0.15, 0.2) is 5.58 Å². The Hall–Kier alpha value is -3.32. The van der Waals surface area contributed by atoms with Gasteiger partial charge in [-0.2, -0.15) is 0 Å². The zero-order valence-corrected chi connectivity index (χ0v) is 17.5. The van der Waals surface area contributed by atoms with Gasteiger partial charge in [-0.15, -0.1) is 0 Å². The van der Waals surface area contributed by atoms with Crippen molar-refractivity contribution < 1.29 is 28.7 Å². The van der Waals surface area contributed by atoms with E-state index in [-0.39, 0.29) is 16.9 Å². The highest BCUT2D eigenvalue weighted by Crippen LogP contribution is 2.28. The number of quaternary nitrogens is 1. The maximum atomic E-state index is 13.0. The second-order valence-electron chi connectivity index (χ2n) is 7.70. The van der Waals surface area contributed by atoms with E-state index in [0.717, 1.165) is 25.9 Å². The lowest BCUT2D eigenvalue weighted by molar-refractivity contribution is -0.918. The molecule has 7 heteroatoms. The number of piperidine rings is 1. The number of likely N-dealkylation sites (tertiary alicyclic amines) is 1. The van der Waals surface area contributed by atoms with Crippen molar-refractivity contribution in [3.63, 3.8) is 0 Å². The number of hydrogen-bond acceptors (Lipinski definition) is 6. The van der Waals surface area contributed by atoms with E-state index < -0.39 is 5.97 Å². The fourth-order valence-electron chi connectivity index (χ4n) is 3.95. The van der Waals surface area contributed by atoms with Gasteiger partial charge in [0.2, 0.25) is 11.2 Å². The number of phenolic OH excluding ortho intramolecular Hbond substituents is 1. The van der Waals surface area contributed by atoms with Gasteiger partial charge in [0.25, 0.3) is 0 Å². The van der Waals surface area contributed by atoms with Crippen molar-refractivity contribution in [3.05, 3.63) is 64.0 Å². The minimum atomic E-state index is -0.414. The summed E-state index contributed by atoms with van der Waals surface area (Å²) in [6, 6.07) is 9.44. The molecule has 0 radical (unpaired) electrons. The van der Waals surface area contributed by atoms with E-state index in [2.05, 4.69) is 0 Å². The molecule has 0 unspecified atom stereocenters. The largest absolute Gasteiger partial charge is 0.507 e. The molecule has 2 heterocycles. The van der Waals surface area contributed by atoms with Crippen LogP contribution in [-0.4, -0.2) is 30.8 Å². The van der Waals surface area contributed by atoms with Crippen LogP contribution in [0.2, 0.25) is 0 Å². The zero-order valence-electron chi connectivity index (χ0n) is 17.5. The number of hydrogen-bond donors (Lipinski definition) is 2. The maximum Gasteiger partial charge on any atom is 0.338 e. The Labute approximate surface area is 179 Å². The Balaban J connectivity index is 1.60. The molecule has 1 saturated heterocycles. The fourth-order valence-corrected chi connectivity index (χ4v) is 3.95. The van der Waals surface area contributed by atoms with Gasteiger partial charge in [-0.3, -0.25) is 4.79 Å². The Bertz CT molecular complexity index is 1130. The molecule has 4 rings (SSSR count). The molecule has 0 bridgehead atoms. The predicted molar refractivity (Wildman–Crippen MR) is 115 cm³/mol. The molecule has 1 aliphatic heterocycles. The molecule has 1 fully saturated rings. The van der Waals surface area contributed by atoms with Crippen LogP contribution in [-0.2, 0) is 11.3 Å². The van der Waals surface area contributed by atoms with Gasteiger partial charge in [-0.05, 0) is 62.6 Å². The van der Waals surface area contributed by atoms with E-state index in [1.807, 2.05) is 0 Å². The number of rotatable bonds is 6. The SMILES string of the molecule is CCOC(=O)c1ccc(Oc2coc3c(C[NH+]4CCCCC4)c(O)ccc3c2=O)cc1. The summed E-state index contributed by atoms with van der Waals surface area (Å²) in [6.07, 6.45) is 4.84. The molecule has 1 aromatic heterocycles. The molecular weight excluding hydrogens is 398 g/mol. The average Bonchev–Trinajstić information content (AvgIpc) is 2.79. The van der Waals surface area contributed by atoms with Crippen molar-refractivity contribution >= 4 is 16.9 Å². The van der Waals surface area contributed by atoms with Gasteiger partial charge in [0, 0.05) is 0 Å². The summed E-state index contributed by atoms with van der Waals surface area (Å²) in [7, 11) is 0. The number of ether oxygens (including phenoxy) is 2. The number of fused-ring (bicyclic) bond motifs is 1. The number of carbonyl (C=O) groups is 1. The van der Waals surface area contributed by atoms with Crippen molar-refractivity contribution in [2.75, 3.05) is 19.7 Å². The summed E-state index contributed by atoms with van der Waals surface area (Å²) in [4.78, 5) is 26.1. The van der Waals surface area contributed by atoms with Crippen LogP contribution in [0, 0.1) is 0 Å². The normalized spacial score (nSPS) is 14.5. The zero-order chi connectivity index (χ0) is 21.8. The molecule has 0 spiro atoms. The van der Waals surface area contributed by atoms with Crippen molar-refractivity contribution in [3.8, 4) is 17.2 Å². The lowest BCUT2D eigenvalue weighted by Crippen LogP contribution is -3.11. The van der Waals surface area contributed by atoms with Crippen LogP contribution in [0.15, 0.2) is 51.9 Å². The summed E-state index contributed by atoms with van der Waals surface area (Å²) in [5.74, 6) is 0.161. The number of phenols is 1. The lowest BCUT2D eigenvalue weighted by atomic mass is 10.1. The molecule has 2 N–H and O–H groups in total. The van der Waals surface area contributed by atoms with E-state index in [1.54, 1.807) is 37.3 Å². The smallest absolute Gasteiger partial charge is 0.338 e. The second-order valence-corrected chi connectivity index (χ2v) is 7.70. The molecule has 3 aromatic rings. The van der Waals surface area contributed by atoms with Crippen molar-refractivity contribution in [1.29, 1.82) is 0 Å². The Morgan fingerprint density at radius 2 is 1.84 bits per heavy atom. The van der Waals surface area contributed by atoms with Crippen LogP contribution in [0.25, 0.3) is 11.0 Å². The molecule has 31 heavy (non-hydrogen) atoms. The van der Waals surface area contributed by atoms with Crippen LogP contribution in [0.3, 0.4) is 0 Å². The molecule has 2 aromatic carbocycles. The third kappa shape index (κ3) is 4.56. The molecule has 0 aliphatic carbocycles. The Kier molecular flexibility index (Phi) is 6.23. The highest BCUT2D eigenvalue weighted by atomic mass is 16.5. The molecule has 162 valence electrons. The minimum absolute atomic E-state index is 0.0401. The van der Waals surface area contributed by atoms with E-state index in [9.17, 15) is 14.7 Å². The minimum Gasteiger partial charge on any atom is -0.507 e. The van der Waals surface area contributed by atoms with Gasteiger partial charge in [-0.25, -0.2) is 4.79 Å². The standard InChI is InChI=1S/C24H25NO6/c1-2-29-24(28)16-6-8-17(9-7-16)31-21-15-30-23-18(22(21)27)10-11-20(26)19(23)14-25-12-4-3-5-13-25/h6-11,15,26H,2-5,12-14H2,1H3/p+1. The van der Waals surface area contributed by atoms with Crippen LogP contribution in [0.5, 0.6) is 17.2 Å². The van der Waals surface area contributed by atoms with Crippen LogP contribution >= 0.6 is 0 Å². The maximum absolute atomic E-state index is 13.0. The predicted octanol–water partition coefficient (Wildman–Crippen LogP) is 3.04. The summed E-state index contributed by atoms with van der Waals surface area (Å²) in [6.45, 7) is 4.74. The number of carbonyl (C=O) groups excluding carboxylic acids is 1. The third-order valence-electron chi connectivity index (χ3n) is 5.57. The number of aromatic hydroxyl groups is 1. The lowest BCUT2D eigenvalue weighted by Gasteiger charge is -2.24. The van der Waals surface area contributed by atoms with E-state index in [4.69, 9.17) is 13.9 Å². The highest BCUT2D eigenvalue weighted by molar-refractivity contribution is 5.89. The summed E-state index contributed by atoms with van der Waals surface area (Å²) in [5.41, 5.74) is 1.13. The first-order chi connectivity index (χ1) is 15.1. The number of benzene rings is 2. The molecule has 7 nitrogen and oxygen atoms in total. The van der Waals surface area contributed by atoms with E-state index in [1.165, 1.54) is 23.7 Å². The number of esters is 1. The van der Waals surface area contributed by atoms with Gasteiger partial charge in [0.1, 0.15) is 24.3 Å². The number of nitrogens with one attached hydrogen (secondary N) is 1. The Morgan fingerprint density at radius 1 is 1.10 bits per heavy atom. The second kappa shape index (κ2) is 9.22. The van der Waals surface area contributed by atoms with E-state index in [0.29, 0.717) is 41.0 Å². The topological polar surface area (TPSA) is 90.4 Å². The molecule has 0 atom stereocenters. The quantitative estimate of drug-likeness (QED) is 0.591. The molecule has 1 aliphatic rings. The summed E-state index contributed by atoms with van der Waals surface area (Å²) < 4.78 is 16.4. The van der Waals surface area contributed by atoms with Crippen LogP contribution in [0.4, 0.5) is 0 Å². The van der Waals surface area contributed by atoms with Gasteiger partial charge in [-0.1, -0.05) is 0 Å². The van der Waals surface area contributed by atoms with Gasteiger partial charge < -0.3 is 23.9 Å². The van der Waals surface area contributed by atoms with E-state index >= 15 is 0 Å².